The Morgan fingerprint density at radius 1 is 0.309 bits per heavy atom. The van der Waals surface area contributed by atoms with E-state index in [0.717, 1.165) is 110 Å². The smallest absolute Gasteiger partial charge is 0.238 e. The van der Waals surface area contributed by atoms with Crippen molar-refractivity contribution in [2.24, 2.45) is 0 Å². The van der Waals surface area contributed by atoms with Crippen LogP contribution in [0.25, 0.3) is 144 Å². The van der Waals surface area contributed by atoms with Crippen LogP contribution in [0, 0.1) is 0 Å². The summed E-state index contributed by atoms with van der Waals surface area (Å²) in [7, 11) is 0. The molecule has 7 heteroatoms. The highest BCUT2D eigenvalue weighted by Crippen LogP contribution is 2.43. The second kappa shape index (κ2) is 14.1. The molecule has 68 heavy (non-hydrogen) atoms. The zero-order valence-electron chi connectivity index (χ0n) is 36.3. The highest BCUT2D eigenvalue weighted by Gasteiger charge is 2.24. The lowest BCUT2D eigenvalue weighted by Crippen LogP contribution is -2.06. The van der Waals surface area contributed by atoms with Crippen molar-refractivity contribution in [3.63, 3.8) is 0 Å². The van der Waals surface area contributed by atoms with Crippen LogP contribution in [0.4, 0.5) is 0 Å². The fourth-order valence-electron chi connectivity index (χ4n) is 10.6. The molecule has 0 spiro atoms. The highest BCUT2D eigenvalue weighted by atomic mass is 16.3. The standard InChI is InChI=1S/C61H35N5O2/c1-2-13-37-32-39(25-24-36(37)12-1)38-14-11-15-42(33-38)65-51-21-8-4-19-47(51)57-52(65)29-28-46-43-16-3-7-20-50(43)66(58(46)57)61-63-59(40-26-30-55-48(34-40)44-17-5-9-22-53(44)67-55)62-60(64-61)41-27-31-56-49(35-41)45-18-6-10-23-54(45)68-56/h1-35H. The van der Waals surface area contributed by atoms with Gasteiger partial charge in [0.05, 0.1) is 22.1 Å². The van der Waals surface area contributed by atoms with Crippen molar-refractivity contribution in [3.8, 4) is 45.5 Å². The Bertz CT molecular complexity index is 4460. The molecule has 10 aromatic carbocycles. The van der Waals surface area contributed by atoms with Crippen LogP contribution in [0.1, 0.15) is 0 Å². The SMILES string of the molecule is c1cc(-c2ccc3ccccc3c2)cc(-n2c3ccccc3c3c2ccc2c4ccccc4n(-c4nc(-c5ccc6oc7ccccc7c6c5)nc(-c5ccc6oc7ccccc7c6c5)n4)c23)c1. The number of hydrogen-bond acceptors (Lipinski definition) is 5. The second-order valence-electron chi connectivity index (χ2n) is 17.6. The van der Waals surface area contributed by atoms with E-state index in [-0.39, 0.29) is 0 Å². The molecule has 0 unspecified atom stereocenters. The highest BCUT2D eigenvalue weighted by molar-refractivity contribution is 6.26. The van der Waals surface area contributed by atoms with Gasteiger partial charge in [-0.2, -0.15) is 9.97 Å². The van der Waals surface area contributed by atoms with E-state index >= 15 is 0 Å². The van der Waals surface area contributed by atoms with Gasteiger partial charge in [-0.1, -0.05) is 127 Å². The first kappa shape index (κ1) is 36.9. The molecule has 5 aromatic heterocycles. The first-order valence-electron chi connectivity index (χ1n) is 22.8. The maximum absolute atomic E-state index is 6.27. The molecule has 0 radical (unpaired) electrons. The Hall–Kier alpha value is -9.33. The van der Waals surface area contributed by atoms with Crippen LogP contribution in [0.5, 0.6) is 0 Å². The number of furan rings is 2. The largest absolute Gasteiger partial charge is 0.456 e. The first-order chi connectivity index (χ1) is 33.7. The van der Waals surface area contributed by atoms with Gasteiger partial charge in [-0.15, -0.1) is 0 Å². The molecule has 0 saturated heterocycles. The maximum Gasteiger partial charge on any atom is 0.238 e. The van der Waals surface area contributed by atoms with Crippen molar-refractivity contribution >= 4 is 98.3 Å². The van der Waals surface area contributed by atoms with E-state index in [0.29, 0.717) is 17.6 Å². The molecule has 316 valence electrons. The lowest BCUT2D eigenvalue weighted by atomic mass is 10.0. The van der Waals surface area contributed by atoms with Crippen molar-refractivity contribution in [3.05, 3.63) is 212 Å². The molecular weight excluding hydrogens is 835 g/mol. The molecule has 7 nitrogen and oxygen atoms in total. The van der Waals surface area contributed by atoms with Crippen molar-refractivity contribution in [1.29, 1.82) is 0 Å². The molecule has 5 heterocycles. The first-order valence-corrected chi connectivity index (χ1v) is 22.8. The molecule has 0 amide bonds. The van der Waals surface area contributed by atoms with Crippen molar-refractivity contribution in [2.45, 2.75) is 0 Å². The minimum atomic E-state index is 0.521. The number of fused-ring (bicyclic) bond motifs is 14. The molecule has 0 aliphatic rings. The zero-order valence-corrected chi connectivity index (χ0v) is 36.3. The predicted molar refractivity (Wildman–Crippen MR) is 277 cm³/mol. The van der Waals surface area contributed by atoms with Crippen molar-refractivity contribution in [1.82, 2.24) is 24.1 Å². The molecule has 0 saturated carbocycles. The molecule has 0 N–H and O–H groups in total. The number of nitrogens with zero attached hydrogens (tertiary/aromatic N) is 5. The average molecular weight is 870 g/mol. The Balaban J connectivity index is 1.01. The van der Waals surface area contributed by atoms with Crippen LogP contribution < -0.4 is 0 Å². The van der Waals surface area contributed by atoms with Gasteiger partial charge >= 0.3 is 0 Å². The minimum absolute atomic E-state index is 0.521. The summed E-state index contributed by atoms with van der Waals surface area (Å²) in [5, 5.41) is 11.0. The van der Waals surface area contributed by atoms with Gasteiger partial charge in [-0.25, -0.2) is 4.98 Å². The third-order valence-electron chi connectivity index (χ3n) is 13.8. The summed E-state index contributed by atoms with van der Waals surface area (Å²) in [5.74, 6) is 1.63. The van der Waals surface area contributed by atoms with Gasteiger partial charge in [0.25, 0.3) is 0 Å². The summed E-state index contributed by atoms with van der Waals surface area (Å²) in [6.07, 6.45) is 0. The van der Waals surface area contributed by atoms with Crippen LogP contribution in [0.2, 0.25) is 0 Å². The van der Waals surface area contributed by atoms with E-state index in [1.807, 2.05) is 60.7 Å². The van der Waals surface area contributed by atoms with E-state index in [9.17, 15) is 0 Å². The summed E-state index contributed by atoms with van der Waals surface area (Å²) in [5.41, 5.74) is 12.7. The molecule has 15 rings (SSSR count). The quantitative estimate of drug-likeness (QED) is 0.172. The molecule has 0 aliphatic heterocycles. The molecule has 15 aromatic rings. The van der Waals surface area contributed by atoms with E-state index in [1.165, 1.54) is 16.3 Å². The van der Waals surface area contributed by atoms with Crippen molar-refractivity contribution < 1.29 is 8.83 Å². The normalized spacial score (nSPS) is 12.1. The Morgan fingerprint density at radius 2 is 0.868 bits per heavy atom. The Kier molecular flexibility index (Phi) is 7.65. The molecule has 0 bridgehead atoms. The second-order valence-corrected chi connectivity index (χ2v) is 17.6. The van der Waals surface area contributed by atoms with E-state index in [4.69, 9.17) is 23.8 Å². The summed E-state index contributed by atoms with van der Waals surface area (Å²) in [6, 6.07) is 74.6. The van der Waals surface area contributed by atoms with Gasteiger partial charge in [0.1, 0.15) is 22.3 Å². The summed E-state index contributed by atoms with van der Waals surface area (Å²) in [4.78, 5) is 16.2. The fraction of sp³-hybridized carbons (Fsp3) is 0. The molecule has 0 aliphatic carbocycles. The van der Waals surface area contributed by atoms with Gasteiger partial charge in [-0.3, -0.25) is 4.57 Å². The van der Waals surface area contributed by atoms with E-state index < -0.39 is 0 Å². The average Bonchev–Trinajstić information content (AvgIpc) is 4.16. The van der Waals surface area contributed by atoms with E-state index in [2.05, 4.69) is 161 Å². The number of rotatable bonds is 5. The summed E-state index contributed by atoms with van der Waals surface area (Å²) >= 11 is 0. The number of benzene rings is 10. The maximum atomic E-state index is 6.27. The van der Waals surface area contributed by atoms with Crippen LogP contribution in [-0.2, 0) is 0 Å². The van der Waals surface area contributed by atoms with Crippen molar-refractivity contribution in [2.75, 3.05) is 0 Å². The third kappa shape index (κ3) is 5.44. The van der Waals surface area contributed by atoms with Gasteiger partial charge in [0, 0.05) is 59.9 Å². The fourth-order valence-corrected chi connectivity index (χ4v) is 10.6. The molecule has 0 fully saturated rings. The van der Waals surface area contributed by atoms with Gasteiger partial charge < -0.3 is 13.4 Å². The van der Waals surface area contributed by atoms with Crippen LogP contribution in [-0.4, -0.2) is 24.1 Å². The number of aromatic nitrogens is 5. The number of hydrogen-bond donors (Lipinski definition) is 0. The molecular formula is C61H35N5O2. The molecule has 0 atom stereocenters. The van der Waals surface area contributed by atoms with Crippen LogP contribution >= 0.6 is 0 Å². The van der Waals surface area contributed by atoms with Crippen LogP contribution in [0.15, 0.2) is 221 Å². The van der Waals surface area contributed by atoms with Gasteiger partial charge in [0.2, 0.25) is 5.95 Å². The van der Waals surface area contributed by atoms with Crippen LogP contribution in [0.3, 0.4) is 0 Å². The topological polar surface area (TPSA) is 74.8 Å². The lowest BCUT2D eigenvalue weighted by Gasteiger charge is -2.12. The van der Waals surface area contributed by atoms with Gasteiger partial charge in [0.15, 0.2) is 11.6 Å². The predicted octanol–water partition coefficient (Wildman–Crippen LogP) is 16.0. The monoisotopic (exact) mass is 869 g/mol. The summed E-state index contributed by atoms with van der Waals surface area (Å²) in [6.45, 7) is 0. The Morgan fingerprint density at radius 3 is 1.57 bits per heavy atom. The van der Waals surface area contributed by atoms with Gasteiger partial charge in [-0.05, 0) is 107 Å². The Labute approximate surface area is 387 Å². The summed E-state index contributed by atoms with van der Waals surface area (Å²) < 4.78 is 17.2. The lowest BCUT2D eigenvalue weighted by molar-refractivity contribution is 0.668. The zero-order chi connectivity index (χ0) is 44.5. The number of para-hydroxylation sites is 4. The minimum Gasteiger partial charge on any atom is -0.456 e. The third-order valence-corrected chi connectivity index (χ3v) is 13.8. The van der Waals surface area contributed by atoms with E-state index in [1.54, 1.807) is 0 Å².